The highest BCUT2D eigenvalue weighted by Crippen LogP contribution is 2.18. The molecule has 19 heavy (non-hydrogen) atoms. The van der Waals surface area contributed by atoms with E-state index in [0.717, 1.165) is 0 Å². The summed E-state index contributed by atoms with van der Waals surface area (Å²) >= 11 is 0. The van der Waals surface area contributed by atoms with Gasteiger partial charge in [-0.2, -0.15) is 0 Å². The summed E-state index contributed by atoms with van der Waals surface area (Å²) in [6.07, 6.45) is 1.47. The minimum absolute atomic E-state index is 0.104. The van der Waals surface area contributed by atoms with E-state index in [4.69, 9.17) is 10.2 Å². The van der Waals surface area contributed by atoms with Gasteiger partial charge in [0, 0.05) is 11.6 Å². The van der Waals surface area contributed by atoms with E-state index in [1.54, 1.807) is 18.2 Å². The molecule has 6 nitrogen and oxygen atoms in total. The number of nitrogens with zero attached hydrogens (tertiary/aromatic N) is 1. The molecule has 0 saturated carbocycles. The molecule has 0 aliphatic heterocycles. The molecule has 0 saturated heterocycles. The van der Waals surface area contributed by atoms with Gasteiger partial charge >= 0.3 is 5.97 Å². The lowest BCUT2D eigenvalue weighted by Crippen LogP contribution is -2.29. The van der Waals surface area contributed by atoms with Crippen LogP contribution in [0.5, 0.6) is 0 Å². The third-order valence-corrected chi connectivity index (χ3v) is 2.63. The highest BCUT2D eigenvalue weighted by Gasteiger charge is 2.11. The van der Waals surface area contributed by atoms with Gasteiger partial charge in [0.25, 0.3) is 5.91 Å². The van der Waals surface area contributed by atoms with Crippen molar-refractivity contribution in [3.8, 4) is 0 Å². The quantitative estimate of drug-likeness (QED) is 0.745. The van der Waals surface area contributed by atoms with Gasteiger partial charge in [-0.25, -0.2) is 0 Å². The molecule has 6 heteroatoms. The Labute approximate surface area is 108 Å². The number of carbonyl (C=O) groups excluding carboxylic acids is 1. The molecule has 0 spiro atoms. The predicted octanol–water partition coefficient (Wildman–Crippen LogP) is 0.541. The van der Waals surface area contributed by atoms with Gasteiger partial charge in [0.2, 0.25) is 0 Å². The summed E-state index contributed by atoms with van der Waals surface area (Å²) in [5, 5.41) is 20.5. The second-order valence-corrected chi connectivity index (χ2v) is 3.94. The first-order chi connectivity index (χ1) is 9.11. The van der Waals surface area contributed by atoms with Gasteiger partial charge in [0.15, 0.2) is 0 Å². The molecule has 1 aromatic carbocycles. The molecule has 0 radical (unpaired) electrons. The Morgan fingerprint density at radius 3 is 2.74 bits per heavy atom. The first kappa shape index (κ1) is 13.0. The molecule has 0 aliphatic carbocycles. The molecule has 1 heterocycles. The zero-order valence-corrected chi connectivity index (χ0v) is 9.96. The van der Waals surface area contributed by atoms with Gasteiger partial charge < -0.3 is 15.5 Å². The van der Waals surface area contributed by atoms with Gasteiger partial charge in [0.1, 0.15) is 6.54 Å². The summed E-state index contributed by atoms with van der Waals surface area (Å²) in [6.45, 7) is -0.537. The molecule has 2 aromatic rings. The smallest absolute Gasteiger partial charge is 0.322 e. The van der Waals surface area contributed by atoms with Crippen molar-refractivity contribution in [3.63, 3.8) is 0 Å². The second-order valence-electron chi connectivity index (χ2n) is 3.94. The molecule has 0 bridgehead atoms. The second kappa shape index (κ2) is 5.45. The Hall–Kier alpha value is -2.47. The summed E-state index contributed by atoms with van der Waals surface area (Å²) in [6, 6.07) is 6.59. The van der Waals surface area contributed by atoms with Crippen LogP contribution in [0.4, 0.5) is 0 Å². The third kappa shape index (κ3) is 2.86. The van der Waals surface area contributed by atoms with Gasteiger partial charge in [-0.1, -0.05) is 12.1 Å². The molecule has 98 valence electrons. The number of pyridine rings is 1. The molecule has 0 atom stereocenters. The van der Waals surface area contributed by atoms with Gasteiger partial charge in [0.05, 0.1) is 17.7 Å². The number of carboxylic acid groups (broad SMARTS) is 1. The molecule has 0 aliphatic rings. The summed E-state index contributed by atoms with van der Waals surface area (Å²) in [5.41, 5.74) is 1.63. The van der Waals surface area contributed by atoms with Crippen LogP contribution in [0.2, 0.25) is 0 Å². The molecular weight excluding hydrogens is 248 g/mol. The SMILES string of the molecule is O=C(O)CNC(=O)c1ccnc2cc(CO)ccc12. The lowest BCUT2D eigenvalue weighted by molar-refractivity contribution is -0.135. The van der Waals surface area contributed by atoms with Crippen molar-refractivity contribution in [2.75, 3.05) is 6.54 Å². The van der Waals surface area contributed by atoms with E-state index in [-0.39, 0.29) is 6.61 Å². The van der Waals surface area contributed by atoms with Crippen LogP contribution in [0, 0.1) is 0 Å². The van der Waals surface area contributed by atoms with E-state index < -0.39 is 18.4 Å². The average molecular weight is 260 g/mol. The Balaban J connectivity index is 2.38. The van der Waals surface area contributed by atoms with E-state index >= 15 is 0 Å². The Bertz CT molecular complexity index is 640. The normalized spacial score (nSPS) is 10.4. The largest absolute Gasteiger partial charge is 0.480 e. The molecule has 1 amide bonds. The van der Waals surface area contributed by atoms with E-state index in [9.17, 15) is 9.59 Å². The minimum atomic E-state index is -1.10. The van der Waals surface area contributed by atoms with Crippen molar-refractivity contribution in [3.05, 3.63) is 41.6 Å². The van der Waals surface area contributed by atoms with Crippen molar-refractivity contribution >= 4 is 22.8 Å². The van der Waals surface area contributed by atoms with Crippen LogP contribution in [0.3, 0.4) is 0 Å². The number of aliphatic hydroxyl groups excluding tert-OH is 1. The number of fused-ring (bicyclic) bond motifs is 1. The fourth-order valence-electron chi connectivity index (χ4n) is 1.74. The number of benzene rings is 1. The zero-order valence-electron chi connectivity index (χ0n) is 9.96. The molecule has 2 rings (SSSR count). The lowest BCUT2D eigenvalue weighted by atomic mass is 10.1. The number of aliphatic hydroxyl groups is 1. The lowest BCUT2D eigenvalue weighted by Gasteiger charge is -2.07. The highest BCUT2D eigenvalue weighted by molar-refractivity contribution is 6.06. The van der Waals surface area contributed by atoms with Crippen LogP contribution in [0.15, 0.2) is 30.5 Å². The summed E-state index contributed by atoms with van der Waals surface area (Å²) in [4.78, 5) is 26.4. The molecule has 0 fully saturated rings. The number of nitrogens with one attached hydrogen (secondary N) is 1. The van der Waals surface area contributed by atoms with Crippen LogP contribution in [-0.4, -0.2) is 33.6 Å². The van der Waals surface area contributed by atoms with Crippen molar-refractivity contribution in [1.29, 1.82) is 0 Å². The number of aliphatic carboxylic acids is 1. The van der Waals surface area contributed by atoms with Crippen molar-refractivity contribution in [1.82, 2.24) is 10.3 Å². The maximum absolute atomic E-state index is 11.9. The fraction of sp³-hybridized carbons (Fsp3) is 0.154. The van der Waals surface area contributed by atoms with Crippen molar-refractivity contribution in [2.24, 2.45) is 0 Å². The van der Waals surface area contributed by atoms with Crippen molar-refractivity contribution in [2.45, 2.75) is 6.61 Å². The number of rotatable bonds is 4. The third-order valence-electron chi connectivity index (χ3n) is 2.63. The molecule has 3 N–H and O–H groups in total. The Kier molecular flexibility index (Phi) is 3.72. The Morgan fingerprint density at radius 1 is 1.26 bits per heavy atom. The number of aromatic nitrogens is 1. The first-order valence-corrected chi connectivity index (χ1v) is 5.60. The van der Waals surface area contributed by atoms with Gasteiger partial charge in [-0.05, 0) is 17.7 Å². The summed E-state index contributed by atoms with van der Waals surface area (Å²) < 4.78 is 0. The predicted molar refractivity (Wildman–Crippen MR) is 67.6 cm³/mol. The summed E-state index contributed by atoms with van der Waals surface area (Å²) in [5.74, 6) is -1.57. The van der Waals surface area contributed by atoms with Crippen LogP contribution < -0.4 is 5.32 Å². The van der Waals surface area contributed by atoms with Crippen LogP contribution in [-0.2, 0) is 11.4 Å². The maximum atomic E-state index is 11.9. The standard InChI is InChI=1S/C13H12N2O4/c16-7-8-1-2-9-10(3-4-14-11(9)5-8)13(19)15-6-12(17)18/h1-5,16H,6-7H2,(H,15,19)(H,17,18). The van der Waals surface area contributed by atoms with Crippen molar-refractivity contribution < 1.29 is 19.8 Å². The number of carbonyl (C=O) groups is 2. The van der Waals surface area contributed by atoms with Gasteiger partial charge in [-0.15, -0.1) is 0 Å². The fourth-order valence-corrected chi connectivity index (χ4v) is 1.74. The molecule has 1 aromatic heterocycles. The number of carboxylic acids is 1. The molecule has 0 unspecified atom stereocenters. The topological polar surface area (TPSA) is 99.5 Å². The Morgan fingerprint density at radius 2 is 2.05 bits per heavy atom. The van der Waals surface area contributed by atoms with E-state index in [1.807, 2.05) is 0 Å². The van der Waals surface area contributed by atoms with E-state index in [2.05, 4.69) is 10.3 Å². The van der Waals surface area contributed by atoms with Crippen LogP contribution >= 0.6 is 0 Å². The number of hydrogen-bond acceptors (Lipinski definition) is 4. The summed E-state index contributed by atoms with van der Waals surface area (Å²) in [7, 11) is 0. The zero-order chi connectivity index (χ0) is 13.8. The van der Waals surface area contributed by atoms with Gasteiger partial charge in [-0.3, -0.25) is 14.6 Å². The highest BCUT2D eigenvalue weighted by atomic mass is 16.4. The average Bonchev–Trinajstić information content (AvgIpc) is 2.43. The first-order valence-electron chi connectivity index (χ1n) is 5.60. The number of hydrogen-bond donors (Lipinski definition) is 3. The molecular formula is C13H12N2O4. The number of amides is 1. The van der Waals surface area contributed by atoms with Crippen LogP contribution in [0.1, 0.15) is 15.9 Å². The van der Waals surface area contributed by atoms with Crippen LogP contribution in [0.25, 0.3) is 10.9 Å². The van der Waals surface area contributed by atoms with E-state index in [1.165, 1.54) is 12.3 Å². The minimum Gasteiger partial charge on any atom is -0.480 e. The monoisotopic (exact) mass is 260 g/mol. The van der Waals surface area contributed by atoms with E-state index in [0.29, 0.717) is 22.0 Å². The maximum Gasteiger partial charge on any atom is 0.322 e.